The quantitative estimate of drug-likeness (QED) is 0.818. The number of carbonyl (C=O) groups is 1. The standard InChI is InChI=1S/C11H7FO4/c12-7-4-3-6(8-2-1-5-16-8)10(13)9(7)11(14)15/h1-5,13H,(H,14,15). The highest BCUT2D eigenvalue weighted by Crippen LogP contribution is 2.33. The van der Waals surface area contributed by atoms with Crippen LogP contribution in [0.5, 0.6) is 5.75 Å². The Morgan fingerprint density at radius 2 is 2.06 bits per heavy atom. The predicted octanol–water partition coefficient (Wildman–Crippen LogP) is 2.49. The van der Waals surface area contributed by atoms with E-state index in [4.69, 9.17) is 9.52 Å². The summed E-state index contributed by atoms with van der Waals surface area (Å²) in [4.78, 5) is 10.7. The molecule has 16 heavy (non-hydrogen) atoms. The Balaban J connectivity index is 2.66. The van der Waals surface area contributed by atoms with Gasteiger partial charge in [0.05, 0.1) is 11.8 Å². The molecule has 0 atom stereocenters. The third-order valence-corrected chi connectivity index (χ3v) is 2.13. The van der Waals surface area contributed by atoms with Crippen molar-refractivity contribution in [2.24, 2.45) is 0 Å². The van der Waals surface area contributed by atoms with E-state index in [2.05, 4.69) is 0 Å². The Bertz CT molecular complexity index is 531. The second-order valence-electron chi connectivity index (χ2n) is 3.10. The molecule has 0 amide bonds. The van der Waals surface area contributed by atoms with Crippen molar-refractivity contribution in [1.82, 2.24) is 0 Å². The summed E-state index contributed by atoms with van der Waals surface area (Å²) in [6.07, 6.45) is 1.37. The SMILES string of the molecule is O=C(O)c1c(F)ccc(-c2ccco2)c1O. The molecular formula is C11H7FO4. The number of aromatic hydroxyl groups is 1. The molecule has 0 aliphatic rings. The van der Waals surface area contributed by atoms with Gasteiger partial charge in [-0.25, -0.2) is 9.18 Å². The molecule has 0 radical (unpaired) electrons. The number of carboxylic acid groups (broad SMARTS) is 1. The van der Waals surface area contributed by atoms with Crippen molar-refractivity contribution in [2.75, 3.05) is 0 Å². The minimum atomic E-state index is -1.52. The van der Waals surface area contributed by atoms with Gasteiger partial charge in [0.1, 0.15) is 22.9 Å². The normalized spacial score (nSPS) is 10.3. The number of rotatable bonds is 2. The van der Waals surface area contributed by atoms with Crippen LogP contribution in [0.1, 0.15) is 10.4 Å². The van der Waals surface area contributed by atoms with Gasteiger partial charge >= 0.3 is 5.97 Å². The molecule has 5 heteroatoms. The van der Waals surface area contributed by atoms with Crippen LogP contribution in [0.3, 0.4) is 0 Å². The maximum atomic E-state index is 13.2. The van der Waals surface area contributed by atoms with Crippen LogP contribution in [0.4, 0.5) is 4.39 Å². The zero-order valence-corrected chi connectivity index (χ0v) is 7.98. The number of carboxylic acids is 1. The molecule has 2 aromatic rings. The number of aromatic carboxylic acids is 1. The first-order chi connectivity index (χ1) is 7.61. The van der Waals surface area contributed by atoms with Crippen LogP contribution in [0, 0.1) is 5.82 Å². The third-order valence-electron chi connectivity index (χ3n) is 2.13. The highest BCUT2D eigenvalue weighted by molar-refractivity contribution is 5.94. The first-order valence-electron chi connectivity index (χ1n) is 4.40. The van der Waals surface area contributed by atoms with Gasteiger partial charge in [0.25, 0.3) is 0 Å². The molecule has 0 fully saturated rings. The van der Waals surface area contributed by atoms with Crippen molar-refractivity contribution in [3.05, 3.63) is 41.9 Å². The van der Waals surface area contributed by atoms with Crippen LogP contribution in [0.2, 0.25) is 0 Å². The van der Waals surface area contributed by atoms with Gasteiger partial charge in [0.15, 0.2) is 0 Å². The van der Waals surface area contributed by atoms with E-state index in [1.165, 1.54) is 12.3 Å². The molecule has 0 aliphatic heterocycles. The topological polar surface area (TPSA) is 70.7 Å². The van der Waals surface area contributed by atoms with Gasteiger partial charge in [-0.3, -0.25) is 0 Å². The summed E-state index contributed by atoms with van der Waals surface area (Å²) in [5.41, 5.74) is -0.613. The van der Waals surface area contributed by atoms with Crippen LogP contribution in [0.25, 0.3) is 11.3 Å². The number of hydrogen-bond donors (Lipinski definition) is 2. The molecule has 0 saturated carbocycles. The highest BCUT2D eigenvalue weighted by atomic mass is 19.1. The monoisotopic (exact) mass is 222 g/mol. The van der Waals surface area contributed by atoms with Gasteiger partial charge in [-0.05, 0) is 24.3 Å². The van der Waals surface area contributed by atoms with Gasteiger partial charge in [-0.1, -0.05) is 0 Å². The van der Waals surface area contributed by atoms with Crippen LogP contribution >= 0.6 is 0 Å². The van der Waals surface area contributed by atoms with E-state index in [1.54, 1.807) is 12.1 Å². The average molecular weight is 222 g/mol. The lowest BCUT2D eigenvalue weighted by molar-refractivity contribution is 0.0688. The Morgan fingerprint density at radius 1 is 1.31 bits per heavy atom. The summed E-state index contributed by atoms with van der Waals surface area (Å²) in [7, 11) is 0. The summed E-state index contributed by atoms with van der Waals surface area (Å²) in [5, 5.41) is 18.4. The summed E-state index contributed by atoms with van der Waals surface area (Å²) >= 11 is 0. The highest BCUT2D eigenvalue weighted by Gasteiger charge is 2.20. The maximum absolute atomic E-state index is 13.2. The van der Waals surface area contributed by atoms with E-state index in [1.807, 2.05) is 0 Å². The summed E-state index contributed by atoms with van der Waals surface area (Å²) in [6, 6.07) is 5.36. The van der Waals surface area contributed by atoms with Crippen molar-refractivity contribution >= 4 is 5.97 Å². The van der Waals surface area contributed by atoms with E-state index in [9.17, 15) is 14.3 Å². The molecule has 1 aromatic heterocycles. The van der Waals surface area contributed by atoms with Crippen LogP contribution < -0.4 is 0 Å². The van der Waals surface area contributed by atoms with Gasteiger partial charge in [-0.15, -0.1) is 0 Å². The predicted molar refractivity (Wildman–Crippen MR) is 52.7 cm³/mol. The van der Waals surface area contributed by atoms with Crippen molar-refractivity contribution in [1.29, 1.82) is 0 Å². The molecule has 2 rings (SSSR count). The Hall–Kier alpha value is -2.30. The molecule has 0 bridgehead atoms. The smallest absolute Gasteiger partial charge is 0.342 e. The minimum absolute atomic E-state index is 0.142. The van der Waals surface area contributed by atoms with Crippen LogP contribution in [-0.2, 0) is 0 Å². The molecule has 1 heterocycles. The minimum Gasteiger partial charge on any atom is -0.506 e. The fourth-order valence-electron chi connectivity index (χ4n) is 1.40. The Morgan fingerprint density at radius 3 is 2.62 bits per heavy atom. The molecule has 4 nitrogen and oxygen atoms in total. The van der Waals surface area contributed by atoms with Gasteiger partial charge < -0.3 is 14.6 Å². The van der Waals surface area contributed by atoms with Gasteiger partial charge in [0, 0.05) is 0 Å². The van der Waals surface area contributed by atoms with Crippen LogP contribution in [0.15, 0.2) is 34.9 Å². The van der Waals surface area contributed by atoms with E-state index in [0.29, 0.717) is 0 Å². The number of phenols is 1. The molecule has 82 valence electrons. The zero-order chi connectivity index (χ0) is 11.7. The fraction of sp³-hybridized carbons (Fsp3) is 0. The van der Waals surface area contributed by atoms with E-state index in [-0.39, 0.29) is 11.3 Å². The first-order valence-corrected chi connectivity index (χ1v) is 4.40. The number of benzene rings is 1. The van der Waals surface area contributed by atoms with Gasteiger partial charge in [-0.2, -0.15) is 0 Å². The summed E-state index contributed by atoms with van der Waals surface area (Å²) in [6.45, 7) is 0. The molecule has 0 unspecified atom stereocenters. The maximum Gasteiger partial charge on any atom is 0.342 e. The van der Waals surface area contributed by atoms with Crippen molar-refractivity contribution in [3.8, 4) is 17.1 Å². The van der Waals surface area contributed by atoms with Crippen molar-refractivity contribution < 1.29 is 23.8 Å². The van der Waals surface area contributed by atoms with Crippen molar-refractivity contribution in [2.45, 2.75) is 0 Å². The molecule has 1 aromatic carbocycles. The summed E-state index contributed by atoms with van der Waals surface area (Å²) in [5.74, 6) is -2.87. The second kappa shape index (κ2) is 3.69. The largest absolute Gasteiger partial charge is 0.506 e. The zero-order valence-electron chi connectivity index (χ0n) is 7.98. The number of furan rings is 1. The molecule has 0 aliphatic carbocycles. The Kier molecular flexibility index (Phi) is 2.36. The average Bonchev–Trinajstić information content (AvgIpc) is 2.70. The molecule has 0 spiro atoms. The summed E-state index contributed by atoms with van der Waals surface area (Å²) < 4.78 is 18.2. The third kappa shape index (κ3) is 1.52. The lowest BCUT2D eigenvalue weighted by atomic mass is 10.1. The van der Waals surface area contributed by atoms with Gasteiger partial charge in [0.2, 0.25) is 0 Å². The van der Waals surface area contributed by atoms with E-state index in [0.717, 1.165) is 6.07 Å². The van der Waals surface area contributed by atoms with Crippen LogP contribution in [-0.4, -0.2) is 16.2 Å². The second-order valence-corrected chi connectivity index (χ2v) is 3.10. The van der Waals surface area contributed by atoms with E-state index < -0.39 is 23.1 Å². The first kappa shape index (κ1) is 10.2. The molecule has 2 N–H and O–H groups in total. The lowest BCUT2D eigenvalue weighted by Crippen LogP contribution is -2.01. The number of hydrogen-bond acceptors (Lipinski definition) is 3. The fourth-order valence-corrected chi connectivity index (χ4v) is 1.40. The van der Waals surface area contributed by atoms with E-state index >= 15 is 0 Å². The van der Waals surface area contributed by atoms with Crippen molar-refractivity contribution in [3.63, 3.8) is 0 Å². The molecular weight excluding hydrogens is 215 g/mol. The molecule has 0 saturated heterocycles. The number of halogens is 1. The lowest BCUT2D eigenvalue weighted by Gasteiger charge is -2.05. The Labute approximate surface area is 89.6 Å².